The molecule has 152 valence electrons. The molecule has 0 saturated heterocycles. The monoisotopic (exact) mass is 417 g/mol. The number of aliphatic hydroxyl groups excluding tert-OH is 1. The Morgan fingerprint density at radius 3 is 2.41 bits per heavy atom. The van der Waals surface area contributed by atoms with Crippen LogP contribution in [0.15, 0.2) is 48.5 Å². The normalized spacial score (nSPS) is 13.3. The van der Waals surface area contributed by atoms with Gasteiger partial charge in [0.05, 0.1) is 10.2 Å². The molecule has 0 spiro atoms. The Labute approximate surface area is 170 Å². The van der Waals surface area contributed by atoms with Gasteiger partial charge in [0.15, 0.2) is 6.10 Å². The number of fused-ring (bicyclic) bond motifs is 1. The summed E-state index contributed by atoms with van der Waals surface area (Å²) in [6, 6.07) is 12.2. The van der Waals surface area contributed by atoms with Gasteiger partial charge in [0.1, 0.15) is 5.82 Å². The molecule has 2 unspecified atom stereocenters. The number of para-hydroxylation sites is 1. The summed E-state index contributed by atoms with van der Waals surface area (Å²) in [6.45, 7) is 3.49. The number of benzene rings is 2. The maximum Gasteiger partial charge on any atom is 0.275 e. The van der Waals surface area contributed by atoms with Crippen LogP contribution in [-0.4, -0.2) is 40.2 Å². The fourth-order valence-corrected chi connectivity index (χ4v) is 3.68. The zero-order chi connectivity index (χ0) is 21.1. The average molecular weight is 417 g/mol. The summed E-state index contributed by atoms with van der Waals surface area (Å²) in [4.78, 5) is 30.5. The minimum atomic E-state index is -1.89. The van der Waals surface area contributed by atoms with Crippen LogP contribution in [0.1, 0.15) is 13.8 Å². The highest BCUT2D eigenvalue weighted by Crippen LogP contribution is 2.29. The lowest BCUT2D eigenvalue weighted by atomic mass is 10.1. The zero-order valence-electron chi connectivity index (χ0n) is 15.8. The first-order chi connectivity index (χ1) is 13.8. The van der Waals surface area contributed by atoms with E-state index in [2.05, 4.69) is 4.98 Å². The van der Waals surface area contributed by atoms with Crippen LogP contribution in [0.4, 0.5) is 10.1 Å². The molecule has 3 N–H and O–H groups in total. The van der Waals surface area contributed by atoms with E-state index in [1.807, 2.05) is 18.2 Å². The van der Waals surface area contributed by atoms with Gasteiger partial charge < -0.3 is 20.5 Å². The van der Waals surface area contributed by atoms with Gasteiger partial charge in [-0.3, -0.25) is 9.59 Å². The molecule has 0 saturated carbocycles. The highest BCUT2D eigenvalue weighted by atomic mass is 32.1. The van der Waals surface area contributed by atoms with Gasteiger partial charge in [0.25, 0.3) is 17.0 Å². The Balaban J connectivity index is 1.96. The van der Waals surface area contributed by atoms with Gasteiger partial charge in [-0.25, -0.2) is 9.37 Å². The first-order valence-corrected chi connectivity index (χ1v) is 9.68. The molecule has 29 heavy (non-hydrogen) atoms. The number of halogens is 1. The van der Waals surface area contributed by atoms with Crippen LogP contribution in [-0.2, 0) is 9.59 Å². The van der Waals surface area contributed by atoms with Crippen LogP contribution in [0.2, 0.25) is 0 Å². The number of amides is 2. The van der Waals surface area contributed by atoms with E-state index >= 15 is 0 Å². The molecule has 1 aromatic heterocycles. The van der Waals surface area contributed by atoms with Crippen molar-refractivity contribution in [3.63, 3.8) is 0 Å². The summed E-state index contributed by atoms with van der Waals surface area (Å²) in [5.74, 6) is -2.26. The number of rotatable bonds is 7. The van der Waals surface area contributed by atoms with Gasteiger partial charge in [0.2, 0.25) is 6.10 Å². The number of aromatic nitrogens is 1. The summed E-state index contributed by atoms with van der Waals surface area (Å²) >= 11 is 1.17. The lowest BCUT2D eigenvalue weighted by Crippen LogP contribution is -2.54. The van der Waals surface area contributed by atoms with Crippen molar-refractivity contribution in [1.82, 2.24) is 4.98 Å². The second kappa shape index (κ2) is 8.54. The zero-order valence-corrected chi connectivity index (χ0v) is 16.6. The predicted molar refractivity (Wildman–Crippen MR) is 108 cm³/mol. The third kappa shape index (κ3) is 4.52. The molecular formula is C20H20FN3O4S. The molecule has 7 nitrogen and oxygen atoms in total. The maximum atomic E-state index is 13.3. The first kappa shape index (κ1) is 20.7. The summed E-state index contributed by atoms with van der Waals surface area (Å²) < 4.78 is 19.8. The topological polar surface area (TPSA) is 106 Å². The fourth-order valence-electron chi connectivity index (χ4n) is 2.83. The number of primary amides is 1. The van der Waals surface area contributed by atoms with Crippen molar-refractivity contribution in [3.8, 4) is 5.19 Å². The molecule has 0 aliphatic rings. The molecule has 1 heterocycles. The Morgan fingerprint density at radius 1 is 1.17 bits per heavy atom. The summed E-state index contributed by atoms with van der Waals surface area (Å²) in [5.41, 5.74) is 6.28. The molecule has 9 heteroatoms. The van der Waals surface area contributed by atoms with Crippen molar-refractivity contribution in [2.75, 3.05) is 4.90 Å². The van der Waals surface area contributed by atoms with Gasteiger partial charge in [-0.15, -0.1) is 0 Å². The molecule has 0 fully saturated rings. The molecule has 3 aromatic rings. The lowest BCUT2D eigenvalue weighted by Gasteiger charge is -2.31. The van der Waals surface area contributed by atoms with E-state index < -0.39 is 29.8 Å². The molecule has 2 atom stereocenters. The van der Waals surface area contributed by atoms with Crippen LogP contribution in [0, 0.1) is 5.82 Å². The second-order valence-corrected chi connectivity index (χ2v) is 7.60. The number of nitrogens with zero attached hydrogens (tertiary/aromatic N) is 2. The van der Waals surface area contributed by atoms with Crippen LogP contribution >= 0.6 is 11.3 Å². The van der Waals surface area contributed by atoms with Gasteiger partial charge in [0, 0.05) is 11.7 Å². The van der Waals surface area contributed by atoms with E-state index in [-0.39, 0.29) is 11.2 Å². The fraction of sp³-hybridized carbons (Fsp3) is 0.250. The number of carbonyl (C=O) groups is 2. The molecule has 2 amide bonds. The minimum Gasteiger partial charge on any atom is -0.453 e. The summed E-state index contributed by atoms with van der Waals surface area (Å²) in [5, 5.41) is 10.4. The molecule has 0 aliphatic heterocycles. The molecular weight excluding hydrogens is 397 g/mol. The summed E-state index contributed by atoms with van der Waals surface area (Å²) in [6.07, 6.45) is -3.50. The van der Waals surface area contributed by atoms with Gasteiger partial charge in [-0.1, -0.05) is 23.5 Å². The molecule has 3 rings (SSSR count). The number of hydrogen-bond donors (Lipinski definition) is 2. The van der Waals surface area contributed by atoms with Crippen molar-refractivity contribution in [2.24, 2.45) is 5.73 Å². The number of nitrogens with two attached hydrogens (primary N) is 1. The minimum absolute atomic E-state index is 0.118. The number of carbonyl (C=O) groups excluding carboxylic acids is 2. The number of aliphatic hydroxyl groups is 1. The third-order valence-corrected chi connectivity index (χ3v) is 5.11. The van der Waals surface area contributed by atoms with Gasteiger partial charge >= 0.3 is 0 Å². The Kier molecular flexibility index (Phi) is 6.09. The number of hydrogen-bond acceptors (Lipinski definition) is 6. The van der Waals surface area contributed by atoms with Crippen molar-refractivity contribution >= 4 is 39.1 Å². The predicted octanol–water partition coefficient (Wildman–Crippen LogP) is 2.47. The smallest absolute Gasteiger partial charge is 0.275 e. The van der Waals surface area contributed by atoms with Gasteiger partial charge in [-0.05, 0) is 50.2 Å². The Morgan fingerprint density at radius 2 is 1.83 bits per heavy atom. The van der Waals surface area contributed by atoms with E-state index in [1.165, 1.54) is 40.5 Å². The standard InChI is InChI=1S/C20H20FN3O4S/c1-11(2)24(13-9-7-12(21)8-10-13)19(27)17(16(25)18(22)26)28-20-23-14-5-3-4-6-15(14)29-20/h3-11,16-17,25H,1-2H3,(H2,22,26). The Hall–Kier alpha value is -3.04. The van der Waals surface area contributed by atoms with E-state index in [4.69, 9.17) is 10.5 Å². The van der Waals surface area contributed by atoms with Crippen LogP contribution < -0.4 is 15.4 Å². The van der Waals surface area contributed by atoms with E-state index in [9.17, 15) is 19.1 Å². The van der Waals surface area contributed by atoms with Gasteiger partial charge in [-0.2, -0.15) is 0 Å². The van der Waals surface area contributed by atoms with Crippen LogP contribution in [0.25, 0.3) is 10.2 Å². The van der Waals surface area contributed by atoms with Crippen molar-refractivity contribution in [3.05, 3.63) is 54.3 Å². The highest BCUT2D eigenvalue weighted by molar-refractivity contribution is 7.20. The number of thiazole rings is 1. The highest BCUT2D eigenvalue weighted by Gasteiger charge is 2.38. The number of anilines is 1. The van der Waals surface area contributed by atoms with E-state index in [1.54, 1.807) is 19.9 Å². The van der Waals surface area contributed by atoms with Crippen LogP contribution in [0.5, 0.6) is 5.19 Å². The lowest BCUT2D eigenvalue weighted by molar-refractivity contribution is -0.141. The summed E-state index contributed by atoms with van der Waals surface area (Å²) in [7, 11) is 0. The number of ether oxygens (including phenoxy) is 1. The largest absolute Gasteiger partial charge is 0.453 e. The second-order valence-electron chi connectivity index (χ2n) is 6.61. The average Bonchev–Trinajstić information content (AvgIpc) is 3.09. The SMILES string of the molecule is CC(C)N(C(=O)C(Oc1nc2ccccc2s1)C(O)C(N)=O)c1ccc(F)cc1. The molecule has 0 aliphatic carbocycles. The van der Waals surface area contributed by atoms with Crippen molar-refractivity contribution in [2.45, 2.75) is 32.1 Å². The molecule has 2 aromatic carbocycles. The van der Waals surface area contributed by atoms with Crippen molar-refractivity contribution in [1.29, 1.82) is 0 Å². The molecule has 0 radical (unpaired) electrons. The van der Waals surface area contributed by atoms with E-state index in [0.29, 0.717) is 11.2 Å². The maximum absolute atomic E-state index is 13.3. The third-order valence-electron chi connectivity index (χ3n) is 4.18. The quantitative estimate of drug-likeness (QED) is 0.614. The van der Waals surface area contributed by atoms with Crippen molar-refractivity contribution < 1.29 is 23.8 Å². The molecule has 0 bridgehead atoms. The van der Waals surface area contributed by atoms with E-state index in [0.717, 1.165) is 4.70 Å². The first-order valence-electron chi connectivity index (χ1n) is 8.86. The Bertz CT molecular complexity index is 989. The van der Waals surface area contributed by atoms with Crippen LogP contribution in [0.3, 0.4) is 0 Å².